The number of aryl methyl sites for hydroxylation is 1. The number of nitrogens with one attached hydrogen (secondary N) is 1. The highest BCUT2D eigenvalue weighted by Gasteiger charge is 2.07. The lowest BCUT2D eigenvalue weighted by molar-refractivity contribution is 0.269. The molecule has 0 saturated carbocycles. The monoisotopic (exact) mass is 393 g/mol. The zero-order valence-electron chi connectivity index (χ0n) is 16.4. The minimum atomic E-state index is 0. The van der Waals surface area contributed by atoms with Gasteiger partial charge in [-0.25, -0.2) is 0 Å². The summed E-state index contributed by atoms with van der Waals surface area (Å²) in [6, 6.07) is 14.5. The molecule has 27 heavy (non-hydrogen) atoms. The van der Waals surface area contributed by atoms with Crippen molar-refractivity contribution >= 4 is 12.4 Å². The molecule has 2 aromatic carbocycles. The van der Waals surface area contributed by atoms with Gasteiger partial charge in [-0.15, -0.1) is 12.4 Å². The summed E-state index contributed by atoms with van der Waals surface area (Å²) in [6.07, 6.45) is 3.01. The molecular formula is C22H32ClNO3. The van der Waals surface area contributed by atoms with Crippen LogP contribution in [0.1, 0.15) is 42.9 Å². The summed E-state index contributed by atoms with van der Waals surface area (Å²) in [7, 11) is 0. The SMILES string of the molecule is CCOc1cc(CNCCCCCO)ccc1OCc1ccc(C)cc1.Cl. The topological polar surface area (TPSA) is 50.7 Å². The van der Waals surface area contributed by atoms with Crippen LogP contribution in [0.25, 0.3) is 0 Å². The van der Waals surface area contributed by atoms with Gasteiger partial charge in [-0.2, -0.15) is 0 Å². The number of aliphatic hydroxyl groups excluding tert-OH is 1. The Kier molecular flexibility index (Phi) is 11.6. The molecule has 0 spiro atoms. The molecule has 4 nitrogen and oxygen atoms in total. The number of halogens is 1. The summed E-state index contributed by atoms with van der Waals surface area (Å²) in [4.78, 5) is 0. The van der Waals surface area contributed by atoms with Crippen LogP contribution in [-0.2, 0) is 13.2 Å². The molecule has 0 bridgehead atoms. The highest BCUT2D eigenvalue weighted by atomic mass is 35.5. The van der Waals surface area contributed by atoms with Crippen molar-refractivity contribution in [1.82, 2.24) is 5.32 Å². The summed E-state index contributed by atoms with van der Waals surface area (Å²) in [6.45, 7) is 7.24. The van der Waals surface area contributed by atoms with Crippen molar-refractivity contribution in [1.29, 1.82) is 0 Å². The molecule has 5 heteroatoms. The van der Waals surface area contributed by atoms with E-state index in [4.69, 9.17) is 14.6 Å². The van der Waals surface area contributed by atoms with E-state index in [0.29, 0.717) is 13.2 Å². The highest BCUT2D eigenvalue weighted by molar-refractivity contribution is 5.85. The zero-order valence-corrected chi connectivity index (χ0v) is 17.2. The molecule has 0 aromatic heterocycles. The standard InChI is InChI=1S/C22H31NO3.ClH/c1-3-25-22-15-20(16-23-13-5-4-6-14-24)11-12-21(22)26-17-19-9-7-18(2)8-10-19;/h7-12,15,23-24H,3-6,13-14,16-17H2,1-2H3;1H. The van der Waals surface area contributed by atoms with Crippen molar-refractivity contribution in [3.63, 3.8) is 0 Å². The van der Waals surface area contributed by atoms with Gasteiger partial charge in [0, 0.05) is 13.2 Å². The fourth-order valence-electron chi connectivity index (χ4n) is 2.67. The molecule has 0 aliphatic rings. The predicted octanol–water partition coefficient (Wildman–Crippen LogP) is 4.65. The normalized spacial score (nSPS) is 10.3. The molecule has 0 atom stereocenters. The quantitative estimate of drug-likeness (QED) is 0.515. The third-order valence-corrected chi connectivity index (χ3v) is 4.16. The zero-order chi connectivity index (χ0) is 18.6. The number of hydrogen-bond acceptors (Lipinski definition) is 4. The number of aliphatic hydroxyl groups is 1. The first-order valence-corrected chi connectivity index (χ1v) is 9.48. The maximum Gasteiger partial charge on any atom is 0.161 e. The Morgan fingerprint density at radius 2 is 1.63 bits per heavy atom. The molecule has 0 amide bonds. The van der Waals surface area contributed by atoms with E-state index in [1.54, 1.807) is 0 Å². The van der Waals surface area contributed by atoms with E-state index < -0.39 is 0 Å². The first kappa shape index (κ1) is 23.3. The van der Waals surface area contributed by atoms with Crippen LogP contribution in [0.4, 0.5) is 0 Å². The number of rotatable bonds is 12. The molecule has 0 aliphatic carbocycles. The number of benzene rings is 2. The third kappa shape index (κ3) is 8.65. The Morgan fingerprint density at radius 1 is 0.889 bits per heavy atom. The van der Waals surface area contributed by atoms with Crippen molar-refractivity contribution in [3.8, 4) is 11.5 Å². The van der Waals surface area contributed by atoms with E-state index in [9.17, 15) is 0 Å². The molecule has 2 aromatic rings. The van der Waals surface area contributed by atoms with Gasteiger partial charge in [-0.3, -0.25) is 0 Å². The lowest BCUT2D eigenvalue weighted by Gasteiger charge is -2.14. The van der Waals surface area contributed by atoms with Crippen LogP contribution in [0.15, 0.2) is 42.5 Å². The average molecular weight is 394 g/mol. The fraction of sp³-hybridized carbons (Fsp3) is 0.455. The smallest absolute Gasteiger partial charge is 0.161 e. The summed E-state index contributed by atoms with van der Waals surface area (Å²) in [5.41, 5.74) is 3.57. The molecule has 0 aliphatic heterocycles. The van der Waals surface area contributed by atoms with Crippen molar-refractivity contribution in [2.75, 3.05) is 19.8 Å². The number of unbranched alkanes of at least 4 members (excludes halogenated alkanes) is 2. The van der Waals surface area contributed by atoms with Crippen LogP contribution in [0, 0.1) is 6.92 Å². The molecular weight excluding hydrogens is 362 g/mol. The van der Waals surface area contributed by atoms with Gasteiger partial charge in [0.05, 0.1) is 6.61 Å². The Balaban J connectivity index is 0.00000364. The van der Waals surface area contributed by atoms with E-state index in [2.05, 4.69) is 48.6 Å². The Labute approximate surface area is 169 Å². The van der Waals surface area contributed by atoms with E-state index in [1.165, 1.54) is 11.1 Å². The second kappa shape index (κ2) is 13.4. The van der Waals surface area contributed by atoms with E-state index in [-0.39, 0.29) is 19.0 Å². The summed E-state index contributed by atoms with van der Waals surface area (Å²) in [5, 5.41) is 12.2. The van der Waals surface area contributed by atoms with Crippen molar-refractivity contribution in [2.24, 2.45) is 0 Å². The van der Waals surface area contributed by atoms with Crippen LogP contribution >= 0.6 is 12.4 Å². The molecule has 0 saturated heterocycles. The van der Waals surface area contributed by atoms with E-state index in [0.717, 1.165) is 49.4 Å². The molecule has 2 rings (SSSR count). The number of ether oxygens (including phenoxy) is 2. The average Bonchev–Trinajstić information content (AvgIpc) is 2.65. The van der Waals surface area contributed by atoms with Gasteiger partial charge < -0.3 is 19.9 Å². The predicted molar refractivity (Wildman–Crippen MR) is 113 cm³/mol. The maximum absolute atomic E-state index is 8.79. The maximum atomic E-state index is 8.79. The highest BCUT2D eigenvalue weighted by Crippen LogP contribution is 2.29. The summed E-state index contributed by atoms with van der Waals surface area (Å²) in [5.74, 6) is 1.57. The number of hydrogen-bond donors (Lipinski definition) is 2. The molecule has 0 heterocycles. The first-order chi connectivity index (χ1) is 12.7. The minimum absolute atomic E-state index is 0. The van der Waals surface area contributed by atoms with Crippen LogP contribution in [0.2, 0.25) is 0 Å². The lowest BCUT2D eigenvalue weighted by Crippen LogP contribution is -2.15. The van der Waals surface area contributed by atoms with Gasteiger partial charge in [-0.1, -0.05) is 35.9 Å². The summed E-state index contributed by atoms with van der Waals surface area (Å²) >= 11 is 0. The van der Waals surface area contributed by atoms with Crippen molar-refractivity contribution in [3.05, 3.63) is 59.2 Å². The van der Waals surface area contributed by atoms with E-state index >= 15 is 0 Å². The molecule has 150 valence electrons. The Bertz CT molecular complexity index is 647. The van der Waals surface area contributed by atoms with Crippen LogP contribution in [0.3, 0.4) is 0 Å². The van der Waals surface area contributed by atoms with Crippen LogP contribution < -0.4 is 14.8 Å². The van der Waals surface area contributed by atoms with Gasteiger partial charge >= 0.3 is 0 Å². The van der Waals surface area contributed by atoms with Gasteiger partial charge in [0.1, 0.15) is 6.61 Å². The Morgan fingerprint density at radius 3 is 2.33 bits per heavy atom. The second-order valence-corrected chi connectivity index (χ2v) is 6.45. The lowest BCUT2D eigenvalue weighted by atomic mass is 10.1. The van der Waals surface area contributed by atoms with Gasteiger partial charge in [-0.05, 0) is 62.9 Å². The summed E-state index contributed by atoms with van der Waals surface area (Å²) < 4.78 is 11.7. The molecule has 0 radical (unpaired) electrons. The molecule has 0 unspecified atom stereocenters. The van der Waals surface area contributed by atoms with Gasteiger partial charge in [0.2, 0.25) is 0 Å². The minimum Gasteiger partial charge on any atom is -0.490 e. The van der Waals surface area contributed by atoms with Crippen molar-refractivity contribution < 1.29 is 14.6 Å². The van der Waals surface area contributed by atoms with E-state index in [1.807, 2.05) is 13.0 Å². The third-order valence-electron chi connectivity index (χ3n) is 4.16. The Hall–Kier alpha value is -1.75. The molecule has 0 fully saturated rings. The second-order valence-electron chi connectivity index (χ2n) is 6.45. The van der Waals surface area contributed by atoms with Gasteiger partial charge in [0.25, 0.3) is 0 Å². The largest absolute Gasteiger partial charge is 0.490 e. The van der Waals surface area contributed by atoms with Crippen LogP contribution in [0.5, 0.6) is 11.5 Å². The van der Waals surface area contributed by atoms with Crippen molar-refractivity contribution in [2.45, 2.75) is 46.3 Å². The van der Waals surface area contributed by atoms with Crippen LogP contribution in [-0.4, -0.2) is 24.9 Å². The fourth-order valence-corrected chi connectivity index (χ4v) is 2.67. The molecule has 2 N–H and O–H groups in total. The van der Waals surface area contributed by atoms with Gasteiger partial charge in [0.15, 0.2) is 11.5 Å². The first-order valence-electron chi connectivity index (χ1n) is 9.48.